The van der Waals surface area contributed by atoms with Crippen LogP contribution in [0.2, 0.25) is 0 Å². The summed E-state index contributed by atoms with van der Waals surface area (Å²) in [6.45, 7) is 2.01. The summed E-state index contributed by atoms with van der Waals surface area (Å²) < 4.78 is 2.00. The lowest BCUT2D eigenvalue weighted by atomic mass is 10.1. The summed E-state index contributed by atoms with van der Waals surface area (Å²) in [7, 11) is 0. The second kappa shape index (κ2) is 5.74. The Balaban J connectivity index is 1.59. The van der Waals surface area contributed by atoms with Crippen LogP contribution in [0.4, 0.5) is 5.69 Å². The van der Waals surface area contributed by atoms with E-state index in [1.807, 2.05) is 84.5 Å². The topological polar surface area (TPSA) is 49.8 Å². The maximum atomic E-state index is 12.5. The Morgan fingerprint density at radius 2 is 1.75 bits per heavy atom. The Hall–Kier alpha value is -3.27. The largest absolute Gasteiger partial charge is 0.359 e. The fraction of sp³-hybridized carbons (Fsp3) is 0.0500. The zero-order valence-corrected chi connectivity index (χ0v) is 13.3. The number of aromatic amines is 1. The van der Waals surface area contributed by atoms with Gasteiger partial charge in [-0.1, -0.05) is 6.07 Å². The SMILES string of the molecule is Cc1cc2c(NC(=O)c3ccc(-n4cccc4)cc3)cccc2[nH]1. The first-order valence-corrected chi connectivity index (χ1v) is 7.84. The highest BCUT2D eigenvalue weighted by Crippen LogP contribution is 2.24. The van der Waals surface area contributed by atoms with Crippen LogP contribution in [0.15, 0.2) is 73.1 Å². The molecule has 0 aliphatic rings. The Bertz CT molecular complexity index is 995. The van der Waals surface area contributed by atoms with Crippen molar-refractivity contribution in [1.82, 2.24) is 9.55 Å². The molecule has 2 aromatic heterocycles. The summed E-state index contributed by atoms with van der Waals surface area (Å²) in [6.07, 6.45) is 3.95. The van der Waals surface area contributed by atoms with Crippen molar-refractivity contribution in [1.29, 1.82) is 0 Å². The number of rotatable bonds is 3. The van der Waals surface area contributed by atoms with Crippen LogP contribution < -0.4 is 5.32 Å². The summed E-state index contributed by atoms with van der Waals surface area (Å²) >= 11 is 0. The first-order chi connectivity index (χ1) is 11.7. The molecule has 2 N–H and O–H groups in total. The molecular weight excluding hydrogens is 298 g/mol. The Labute approximate surface area is 139 Å². The van der Waals surface area contributed by atoms with Gasteiger partial charge in [-0.05, 0) is 61.5 Å². The number of amides is 1. The first-order valence-electron chi connectivity index (χ1n) is 7.84. The molecule has 2 aromatic carbocycles. The number of nitrogens with zero attached hydrogens (tertiary/aromatic N) is 1. The summed E-state index contributed by atoms with van der Waals surface area (Å²) in [5.74, 6) is -0.111. The van der Waals surface area contributed by atoms with Crippen molar-refractivity contribution in [3.63, 3.8) is 0 Å². The van der Waals surface area contributed by atoms with Crippen LogP contribution in [-0.2, 0) is 0 Å². The Morgan fingerprint density at radius 3 is 2.50 bits per heavy atom. The molecule has 0 aliphatic heterocycles. The Kier molecular flexibility index (Phi) is 3.43. The fourth-order valence-corrected chi connectivity index (χ4v) is 2.89. The van der Waals surface area contributed by atoms with Gasteiger partial charge in [0.25, 0.3) is 5.91 Å². The van der Waals surface area contributed by atoms with Crippen molar-refractivity contribution in [3.05, 3.63) is 84.3 Å². The monoisotopic (exact) mass is 315 g/mol. The summed E-state index contributed by atoms with van der Waals surface area (Å²) in [6, 6.07) is 19.4. The number of H-pyrrole nitrogens is 1. The normalized spacial score (nSPS) is 10.9. The predicted octanol–water partition coefficient (Wildman–Crippen LogP) is 4.52. The van der Waals surface area contributed by atoms with Gasteiger partial charge in [0.15, 0.2) is 0 Å². The third kappa shape index (κ3) is 2.58. The van der Waals surface area contributed by atoms with E-state index in [-0.39, 0.29) is 5.91 Å². The number of nitrogens with one attached hydrogen (secondary N) is 2. The van der Waals surface area contributed by atoms with Gasteiger partial charge in [0, 0.05) is 40.2 Å². The molecule has 24 heavy (non-hydrogen) atoms. The third-order valence-corrected chi connectivity index (χ3v) is 4.08. The van der Waals surface area contributed by atoms with E-state index in [1.165, 1.54) is 0 Å². The van der Waals surface area contributed by atoms with Crippen LogP contribution in [0.25, 0.3) is 16.6 Å². The van der Waals surface area contributed by atoms with Crippen LogP contribution in [0.1, 0.15) is 16.1 Å². The van der Waals surface area contributed by atoms with E-state index in [9.17, 15) is 4.79 Å². The van der Waals surface area contributed by atoms with Gasteiger partial charge in [-0.3, -0.25) is 4.79 Å². The molecule has 0 saturated heterocycles. The van der Waals surface area contributed by atoms with Crippen molar-refractivity contribution < 1.29 is 4.79 Å². The molecule has 4 aromatic rings. The molecule has 118 valence electrons. The molecule has 2 heterocycles. The Morgan fingerprint density at radius 1 is 1.00 bits per heavy atom. The van der Waals surface area contributed by atoms with Crippen molar-refractivity contribution >= 4 is 22.5 Å². The molecule has 0 radical (unpaired) electrons. The highest BCUT2D eigenvalue weighted by molar-refractivity contribution is 6.09. The maximum absolute atomic E-state index is 12.5. The summed E-state index contributed by atoms with van der Waals surface area (Å²) in [5.41, 5.74) is 4.57. The van der Waals surface area contributed by atoms with Gasteiger partial charge >= 0.3 is 0 Å². The zero-order valence-electron chi connectivity index (χ0n) is 13.3. The van der Waals surface area contributed by atoms with Crippen molar-refractivity contribution in [2.45, 2.75) is 6.92 Å². The van der Waals surface area contributed by atoms with Crippen molar-refractivity contribution in [2.75, 3.05) is 5.32 Å². The van der Waals surface area contributed by atoms with E-state index in [0.717, 1.165) is 28.0 Å². The number of aromatic nitrogens is 2. The number of benzene rings is 2. The number of aryl methyl sites for hydroxylation is 1. The quantitative estimate of drug-likeness (QED) is 0.574. The van der Waals surface area contributed by atoms with Gasteiger partial charge in [0.2, 0.25) is 0 Å². The first kappa shape index (κ1) is 14.3. The molecule has 4 heteroatoms. The third-order valence-electron chi connectivity index (χ3n) is 4.08. The molecule has 0 aliphatic carbocycles. The number of fused-ring (bicyclic) bond motifs is 1. The summed E-state index contributed by atoms with van der Waals surface area (Å²) in [5, 5.41) is 4.02. The lowest BCUT2D eigenvalue weighted by Gasteiger charge is -2.08. The molecule has 4 nitrogen and oxygen atoms in total. The predicted molar refractivity (Wildman–Crippen MR) is 96.8 cm³/mol. The minimum absolute atomic E-state index is 0.111. The molecule has 0 bridgehead atoms. The lowest BCUT2D eigenvalue weighted by molar-refractivity contribution is 0.102. The van der Waals surface area contributed by atoms with Gasteiger partial charge in [-0.25, -0.2) is 0 Å². The van der Waals surface area contributed by atoms with Gasteiger partial charge in [-0.2, -0.15) is 0 Å². The van der Waals surface area contributed by atoms with Gasteiger partial charge in [-0.15, -0.1) is 0 Å². The molecule has 0 unspecified atom stereocenters. The molecule has 0 fully saturated rings. The number of hydrogen-bond acceptors (Lipinski definition) is 1. The average Bonchev–Trinajstić information content (AvgIpc) is 3.24. The number of anilines is 1. The van der Waals surface area contributed by atoms with Gasteiger partial charge in [0.05, 0.1) is 5.69 Å². The molecule has 0 saturated carbocycles. The van der Waals surface area contributed by atoms with Gasteiger partial charge in [0.1, 0.15) is 0 Å². The highest BCUT2D eigenvalue weighted by Gasteiger charge is 2.09. The van der Waals surface area contributed by atoms with E-state index in [4.69, 9.17) is 0 Å². The number of hydrogen-bond donors (Lipinski definition) is 2. The van der Waals surface area contributed by atoms with E-state index >= 15 is 0 Å². The lowest BCUT2D eigenvalue weighted by Crippen LogP contribution is -2.12. The van der Waals surface area contributed by atoms with Gasteiger partial charge < -0.3 is 14.9 Å². The van der Waals surface area contributed by atoms with Crippen LogP contribution in [-0.4, -0.2) is 15.5 Å². The minimum Gasteiger partial charge on any atom is -0.359 e. The van der Waals surface area contributed by atoms with Crippen molar-refractivity contribution in [2.24, 2.45) is 0 Å². The van der Waals surface area contributed by atoms with Crippen LogP contribution in [0.3, 0.4) is 0 Å². The molecular formula is C20H17N3O. The minimum atomic E-state index is -0.111. The molecule has 0 spiro atoms. The van der Waals surface area contributed by atoms with Crippen molar-refractivity contribution in [3.8, 4) is 5.69 Å². The van der Waals surface area contributed by atoms with E-state index in [2.05, 4.69) is 10.3 Å². The maximum Gasteiger partial charge on any atom is 0.255 e. The highest BCUT2D eigenvalue weighted by atomic mass is 16.1. The van der Waals surface area contributed by atoms with E-state index < -0.39 is 0 Å². The standard InChI is InChI=1S/C20H17N3O/c1-14-13-17-18(21-14)5-4-6-19(17)22-20(24)15-7-9-16(10-8-15)23-11-2-3-12-23/h2-13,21H,1H3,(H,22,24). The average molecular weight is 315 g/mol. The van der Waals surface area contributed by atoms with E-state index in [1.54, 1.807) is 0 Å². The fourth-order valence-electron chi connectivity index (χ4n) is 2.89. The second-order valence-electron chi connectivity index (χ2n) is 5.81. The second-order valence-corrected chi connectivity index (χ2v) is 5.81. The van der Waals surface area contributed by atoms with Crippen LogP contribution in [0.5, 0.6) is 0 Å². The van der Waals surface area contributed by atoms with Crippen LogP contribution >= 0.6 is 0 Å². The molecule has 4 rings (SSSR count). The number of carbonyl (C=O) groups is 1. The summed E-state index contributed by atoms with van der Waals surface area (Å²) in [4.78, 5) is 15.8. The zero-order chi connectivity index (χ0) is 16.5. The molecule has 0 atom stereocenters. The molecule has 1 amide bonds. The smallest absolute Gasteiger partial charge is 0.255 e. The van der Waals surface area contributed by atoms with Crippen LogP contribution in [0, 0.1) is 6.92 Å². The number of carbonyl (C=O) groups excluding carboxylic acids is 1. The van der Waals surface area contributed by atoms with E-state index in [0.29, 0.717) is 5.56 Å².